The van der Waals surface area contributed by atoms with Crippen molar-refractivity contribution < 1.29 is 13.9 Å². The Morgan fingerprint density at radius 1 is 1.55 bits per heavy atom. The van der Waals surface area contributed by atoms with Crippen LogP contribution in [0.2, 0.25) is 0 Å². The smallest absolute Gasteiger partial charge is 0.352 e. The molecule has 1 rings (SSSR count). The van der Waals surface area contributed by atoms with Crippen LogP contribution >= 0.6 is 0 Å². The van der Waals surface area contributed by atoms with Gasteiger partial charge in [0.05, 0.1) is 12.9 Å². The second-order valence-electron chi connectivity index (χ2n) is 3.47. The fourth-order valence-corrected chi connectivity index (χ4v) is 1.30. The summed E-state index contributed by atoms with van der Waals surface area (Å²) in [4.78, 5) is 15.3. The number of benzene rings is 1. The summed E-state index contributed by atoms with van der Waals surface area (Å²) < 4.78 is 17.6. The predicted molar refractivity (Wildman–Crippen MR) is 72.0 cm³/mol. The number of aliphatic imine (C=N–C) groups is 1. The van der Waals surface area contributed by atoms with Gasteiger partial charge in [-0.05, 0) is 31.2 Å². The first-order valence-corrected chi connectivity index (χ1v) is 5.70. The number of anilines is 1. The number of nitrogens with zero attached hydrogens (tertiary/aromatic N) is 2. The Kier molecular flexibility index (Phi) is 5.72. The molecule has 0 amide bonds. The van der Waals surface area contributed by atoms with Gasteiger partial charge in [0.2, 0.25) is 0 Å². The Morgan fingerprint density at radius 2 is 2.20 bits per heavy atom. The van der Waals surface area contributed by atoms with E-state index < -0.39 is 11.8 Å². The predicted octanol–water partition coefficient (Wildman–Crippen LogP) is 1.52. The molecule has 0 aromatic heterocycles. The number of halogens is 1. The van der Waals surface area contributed by atoms with Crippen molar-refractivity contribution >= 4 is 18.0 Å². The molecule has 0 aliphatic rings. The third-order valence-corrected chi connectivity index (χ3v) is 2.14. The second kappa shape index (κ2) is 7.53. The lowest BCUT2D eigenvalue weighted by atomic mass is 10.2. The zero-order valence-electron chi connectivity index (χ0n) is 10.8. The van der Waals surface area contributed by atoms with E-state index in [1.54, 1.807) is 13.0 Å². The van der Waals surface area contributed by atoms with Crippen molar-refractivity contribution in [2.75, 3.05) is 11.9 Å². The number of rotatable bonds is 5. The fraction of sp³-hybridized carbons (Fsp3) is 0.154. The minimum Gasteiger partial charge on any atom is -0.462 e. The van der Waals surface area contributed by atoms with Gasteiger partial charge in [-0.25, -0.2) is 14.2 Å². The van der Waals surface area contributed by atoms with E-state index in [1.165, 1.54) is 24.3 Å². The van der Waals surface area contributed by atoms with Crippen LogP contribution < -0.4 is 11.1 Å². The highest BCUT2D eigenvalue weighted by Gasteiger charge is 2.16. The molecule has 0 saturated carbocycles. The third kappa shape index (κ3) is 4.10. The van der Waals surface area contributed by atoms with Crippen molar-refractivity contribution in [2.24, 2.45) is 10.7 Å². The van der Waals surface area contributed by atoms with E-state index >= 15 is 0 Å². The number of nitrogens with one attached hydrogen (secondary N) is 1. The summed E-state index contributed by atoms with van der Waals surface area (Å²) in [7, 11) is 0. The quantitative estimate of drug-likeness (QED) is 0.279. The van der Waals surface area contributed by atoms with Crippen molar-refractivity contribution in [1.82, 2.24) is 0 Å². The largest absolute Gasteiger partial charge is 0.462 e. The van der Waals surface area contributed by atoms with Crippen molar-refractivity contribution in [3.8, 4) is 6.07 Å². The molecular weight excluding hydrogens is 263 g/mol. The molecule has 0 unspecified atom stereocenters. The molecule has 1 aromatic carbocycles. The number of hydrogen-bond acceptors (Lipinski definition) is 5. The van der Waals surface area contributed by atoms with Gasteiger partial charge in [-0.3, -0.25) is 0 Å². The molecule has 0 radical (unpaired) electrons. The number of nitrogens with two attached hydrogens (primary N) is 1. The van der Waals surface area contributed by atoms with Crippen LogP contribution in [0.5, 0.6) is 0 Å². The van der Waals surface area contributed by atoms with Crippen LogP contribution in [0.15, 0.2) is 40.7 Å². The first-order valence-electron chi connectivity index (χ1n) is 5.70. The highest BCUT2D eigenvalue weighted by atomic mass is 19.1. The first kappa shape index (κ1) is 15.2. The molecule has 7 heteroatoms. The maximum atomic E-state index is 12.8. The molecule has 1 aromatic rings. The van der Waals surface area contributed by atoms with E-state index in [1.807, 2.05) is 0 Å². The maximum Gasteiger partial charge on any atom is 0.352 e. The summed E-state index contributed by atoms with van der Waals surface area (Å²) in [5.74, 6) is -1.29. The first-order chi connectivity index (χ1) is 9.62. The van der Waals surface area contributed by atoms with Crippen molar-refractivity contribution in [2.45, 2.75) is 6.92 Å². The average Bonchev–Trinajstić information content (AvgIpc) is 2.42. The highest BCUT2D eigenvalue weighted by molar-refractivity contribution is 5.94. The average molecular weight is 276 g/mol. The van der Waals surface area contributed by atoms with Gasteiger partial charge in [-0.2, -0.15) is 5.26 Å². The lowest BCUT2D eigenvalue weighted by molar-refractivity contribution is -0.138. The standard InChI is InChI=1S/C13H13FN4O2/c1-2-20-13(19)11(7-15)12(17-8-16)18-10-5-3-9(14)4-6-10/h3-6,8,18H,2H2,1H3,(H2,16,17)/b12-11+. The van der Waals surface area contributed by atoms with Gasteiger partial charge in [0.15, 0.2) is 11.4 Å². The van der Waals surface area contributed by atoms with E-state index in [0.717, 1.165) is 6.34 Å². The Hall–Kier alpha value is -2.88. The van der Waals surface area contributed by atoms with Crippen LogP contribution in [0, 0.1) is 17.1 Å². The van der Waals surface area contributed by atoms with E-state index in [0.29, 0.717) is 5.69 Å². The number of carbonyl (C=O) groups is 1. The van der Waals surface area contributed by atoms with E-state index in [9.17, 15) is 9.18 Å². The van der Waals surface area contributed by atoms with Crippen molar-refractivity contribution in [1.29, 1.82) is 5.26 Å². The zero-order chi connectivity index (χ0) is 15.0. The Labute approximate surface area is 115 Å². The van der Waals surface area contributed by atoms with Gasteiger partial charge >= 0.3 is 5.97 Å². The molecule has 0 aliphatic carbocycles. The molecule has 0 bridgehead atoms. The summed E-state index contributed by atoms with van der Waals surface area (Å²) in [6.07, 6.45) is 0.933. The third-order valence-electron chi connectivity index (χ3n) is 2.14. The Bertz CT molecular complexity index is 573. The molecule has 0 spiro atoms. The van der Waals surface area contributed by atoms with Crippen molar-refractivity contribution in [3.63, 3.8) is 0 Å². The van der Waals surface area contributed by atoms with Crippen LogP contribution in [-0.2, 0) is 9.53 Å². The lowest BCUT2D eigenvalue weighted by Crippen LogP contribution is -2.13. The number of esters is 1. The molecule has 0 heterocycles. The van der Waals surface area contributed by atoms with Crippen LogP contribution in [0.25, 0.3) is 0 Å². The molecule has 6 nitrogen and oxygen atoms in total. The molecule has 0 aliphatic heterocycles. The molecule has 3 N–H and O–H groups in total. The van der Waals surface area contributed by atoms with E-state index in [-0.39, 0.29) is 18.0 Å². The molecule has 104 valence electrons. The fourth-order valence-electron chi connectivity index (χ4n) is 1.30. The van der Waals surface area contributed by atoms with Crippen LogP contribution in [0.4, 0.5) is 10.1 Å². The Morgan fingerprint density at radius 3 is 2.70 bits per heavy atom. The summed E-state index contributed by atoms with van der Waals surface area (Å²) >= 11 is 0. The van der Waals surface area contributed by atoms with Gasteiger partial charge in [0.25, 0.3) is 0 Å². The minimum absolute atomic E-state index is 0.0694. The molecule has 0 saturated heterocycles. The summed E-state index contributed by atoms with van der Waals surface area (Å²) in [6.45, 7) is 1.74. The number of ether oxygens (including phenoxy) is 1. The molecule has 0 atom stereocenters. The minimum atomic E-state index is -0.815. The van der Waals surface area contributed by atoms with Gasteiger partial charge in [0.1, 0.15) is 11.9 Å². The van der Waals surface area contributed by atoms with Gasteiger partial charge in [-0.1, -0.05) is 0 Å². The molecular formula is C13H13FN4O2. The van der Waals surface area contributed by atoms with E-state index in [4.69, 9.17) is 15.7 Å². The normalized spacial score (nSPS) is 11.7. The molecule has 20 heavy (non-hydrogen) atoms. The van der Waals surface area contributed by atoms with Crippen LogP contribution in [0.3, 0.4) is 0 Å². The summed E-state index contributed by atoms with van der Waals surface area (Å²) in [5.41, 5.74) is 5.31. The van der Waals surface area contributed by atoms with Gasteiger partial charge in [-0.15, -0.1) is 0 Å². The topological polar surface area (TPSA) is 100 Å². The van der Waals surface area contributed by atoms with Gasteiger partial charge < -0.3 is 15.8 Å². The summed E-state index contributed by atoms with van der Waals surface area (Å²) in [6, 6.07) is 7.02. The van der Waals surface area contributed by atoms with E-state index in [2.05, 4.69) is 10.3 Å². The highest BCUT2D eigenvalue weighted by Crippen LogP contribution is 2.15. The van der Waals surface area contributed by atoms with Crippen LogP contribution in [0.1, 0.15) is 6.92 Å². The van der Waals surface area contributed by atoms with Crippen LogP contribution in [-0.4, -0.2) is 18.9 Å². The SMILES string of the molecule is CCOC(=O)/C(C#N)=C(\N=C\N)Nc1ccc(F)cc1. The Balaban J connectivity index is 3.11. The number of nitriles is 1. The van der Waals surface area contributed by atoms with Gasteiger partial charge in [0, 0.05) is 5.69 Å². The lowest BCUT2D eigenvalue weighted by Gasteiger charge is -2.08. The monoisotopic (exact) mass is 276 g/mol. The second-order valence-corrected chi connectivity index (χ2v) is 3.47. The number of hydrogen-bond donors (Lipinski definition) is 2. The molecule has 0 fully saturated rings. The van der Waals surface area contributed by atoms with Crippen molar-refractivity contribution in [3.05, 3.63) is 41.5 Å². The number of carbonyl (C=O) groups excluding carboxylic acids is 1. The summed E-state index contributed by atoms with van der Waals surface area (Å²) in [5, 5.41) is 11.7. The maximum absolute atomic E-state index is 12.8. The zero-order valence-corrected chi connectivity index (χ0v) is 10.8.